The number of rotatable bonds is 11. The molecule has 0 aliphatic carbocycles. The topological polar surface area (TPSA) is 121 Å². The van der Waals surface area contributed by atoms with Crippen molar-refractivity contribution in [2.45, 2.75) is 63.1 Å². The molecule has 43 heavy (non-hydrogen) atoms. The fraction of sp³-hybridized carbons (Fsp3) is 0.531. The minimum absolute atomic E-state index is 0.0709. The number of ether oxygens (including phenoxy) is 3. The monoisotopic (exact) mass is 588 g/mol. The van der Waals surface area contributed by atoms with E-state index in [4.69, 9.17) is 19.2 Å². The van der Waals surface area contributed by atoms with Crippen LogP contribution in [0.2, 0.25) is 0 Å². The Kier molecular flexibility index (Phi) is 9.77. The van der Waals surface area contributed by atoms with Gasteiger partial charge in [0.05, 0.1) is 31.7 Å². The predicted molar refractivity (Wildman–Crippen MR) is 161 cm³/mol. The number of aryl methyl sites for hydroxylation is 1. The van der Waals surface area contributed by atoms with Crippen molar-refractivity contribution < 1.29 is 23.8 Å². The predicted octanol–water partition coefficient (Wildman–Crippen LogP) is 3.21. The van der Waals surface area contributed by atoms with Crippen LogP contribution in [0.5, 0.6) is 17.5 Å². The number of para-hydroxylation sites is 1. The molecule has 2 fully saturated rings. The third-order valence-electron chi connectivity index (χ3n) is 8.77. The van der Waals surface area contributed by atoms with Crippen molar-refractivity contribution in [3.8, 4) is 23.6 Å². The van der Waals surface area contributed by atoms with Crippen LogP contribution in [-0.4, -0.2) is 97.1 Å². The molecule has 2 unspecified atom stereocenters. The Morgan fingerprint density at radius 2 is 2.09 bits per heavy atom. The highest BCUT2D eigenvalue weighted by Gasteiger charge is 2.33. The molecule has 11 heteroatoms. The van der Waals surface area contributed by atoms with Gasteiger partial charge in [-0.2, -0.15) is 15.2 Å². The summed E-state index contributed by atoms with van der Waals surface area (Å²) in [5, 5.41) is 9.51. The van der Waals surface area contributed by atoms with Crippen LogP contribution in [-0.2, 0) is 17.6 Å². The molecule has 5 rings (SSSR count). The van der Waals surface area contributed by atoms with Crippen molar-refractivity contribution in [3.63, 3.8) is 0 Å². The van der Waals surface area contributed by atoms with Gasteiger partial charge in [-0.05, 0) is 69.8 Å². The summed E-state index contributed by atoms with van der Waals surface area (Å²) in [6, 6.07) is 8.22. The van der Waals surface area contributed by atoms with Gasteiger partial charge < -0.3 is 28.9 Å². The summed E-state index contributed by atoms with van der Waals surface area (Å²) in [6.45, 7) is 6.36. The molecule has 11 nitrogen and oxygen atoms in total. The van der Waals surface area contributed by atoms with E-state index in [2.05, 4.69) is 35.6 Å². The number of amides is 1. The Morgan fingerprint density at radius 3 is 2.81 bits per heavy atom. The molecule has 2 saturated heterocycles. The Bertz CT molecular complexity index is 1360. The largest absolute Gasteiger partial charge is 0.493 e. The van der Waals surface area contributed by atoms with E-state index >= 15 is 0 Å². The fourth-order valence-electron chi connectivity index (χ4n) is 6.33. The van der Waals surface area contributed by atoms with Gasteiger partial charge in [-0.3, -0.25) is 9.59 Å². The number of nitrogens with zero attached hydrogens (tertiary/aromatic N) is 6. The Labute approximate surface area is 253 Å². The SMILES string of the molecule is C=CC(=O)N1CCN(c2nc(OCC3CCCN3C)nc(C=O)c2CC[C@@H]2CCc3cccc(OC)c3O2)CC1CC#N. The van der Waals surface area contributed by atoms with E-state index in [1.807, 2.05) is 17.0 Å². The molecule has 0 saturated carbocycles. The first kappa shape index (κ1) is 30.3. The minimum Gasteiger partial charge on any atom is -0.493 e. The number of hydrogen-bond acceptors (Lipinski definition) is 10. The normalized spacial score (nSPS) is 21.8. The number of fused-ring (bicyclic) bond motifs is 1. The van der Waals surface area contributed by atoms with Crippen LogP contribution in [0.15, 0.2) is 30.9 Å². The molecule has 2 aromatic rings. The van der Waals surface area contributed by atoms with Crippen molar-refractivity contribution >= 4 is 18.0 Å². The quantitative estimate of drug-likeness (QED) is 0.286. The van der Waals surface area contributed by atoms with E-state index in [1.54, 1.807) is 12.0 Å². The van der Waals surface area contributed by atoms with Crippen molar-refractivity contribution in [2.24, 2.45) is 0 Å². The van der Waals surface area contributed by atoms with Gasteiger partial charge in [0.15, 0.2) is 17.8 Å². The second-order valence-corrected chi connectivity index (χ2v) is 11.4. The van der Waals surface area contributed by atoms with Crippen LogP contribution in [0.4, 0.5) is 5.82 Å². The number of methoxy groups -OCH3 is 1. The van der Waals surface area contributed by atoms with Gasteiger partial charge in [0.2, 0.25) is 5.91 Å². The number of piperazine rings is 1. The number of nitriles is 1. The Hall–Kier alpha value is -4.17. The number of anilines is 1. The van der Waals surface area contributed by atoms with Gasteiger partial charge in [0.1, 0.15) is 18.1 Å². The standard InChI is InChI=1S/C32H40N6O5/c1-4-29(40)38-18-17-37(19-23(38)14-15-33)31-26(13-12-25-11-10-22-7-5-9-28(41-3)30(22)43-25)27(20-39)34-32(35-31)42-21-24-8-6-16-36(24)2/h4-5,7,9,20,23-25H,1,6,8,10-14,16-19,21H2,2-3H3/t23?,24?,25-/m0/s1. The van der Waals surface area contributed by atoms with Crippen LogP contribution >= 0.6 is 0 Å². The molecular weight excluding hydrogens is 548 g/mol. The molecule has 4 heterocycles. The number of carbonyl (C=O) groups is 2. The second kappa shape index (κ2) is 13.9. The van der Waals surface area contributed by atoms with E-state index in [0.29, 0.717) is 56.2 Å². The molecule has 1 aromatic heterocycles. The second-order valence-electron chi connectivity index (χ2n) is 11.4. The first-order valence-corrected chi connectivity index (χ1v) is 15.0. The van der Waals surface area contributed by atoms with Gasteiger partial charge >= 0.3 is 6.01 Å². The number of aldehydes is 1. The zero-order valence-electron chi connectivity index (χ0n) is 25.0. The van der Waals surface area contributed by atoms with Crippen molar-refractivity contribution in [1.82, 2.24) is 19.8 Å². The Balaban J connectivity index is 1.41. The molecule has 3 aliphatic heterocycles. The van der Waals surface area contributed by atoms with Crippen LogP contribution in [0.25, 0.3) is 0 Å². The van der Waals surface area contributed by atoms with Gasteiger partial charge in [-0.1, -0.05) is 18.7 Å². The lowest BCUT2D eigenvalue weighted by molar-refractivity contribution is -0.128. The molecule has 0 N–H and O–H groups in total. The highest BCUT2D eigenvalue weighted by Crippen LogP contribution is 2.38. The summed E-state index contributed by atoms with van der Waals surface area (Å²) < 4.78 is 18.0. The van der Waals surface area contributed by atoms with Crippen molar-refractivity contribution in [2.75, 3.05) is 51.8 Å². The summed E-state index contributed by atoms with van der Waals surface area (Å²) in [5.74, 6) is 1.89. The number of likely N-dealkylation sites (N-methyl/N-ethyl adjacent to an activating group) is 1. The van der Waals surface area contributed by atoms with Crippen LogP contribution in [0.1, 0.15) is 53.7 Å². The van der Waals surface area contributed by atoms with E-state index in [0.717, 1.165) is 49.8 Å². The third kappa shape index (κ3) is 6.75. The first-order valence-electron chi connectivity index (χ1n) is 15.0. The molecule has 0 spiro atoms. The fourth-order valence-corrected chi connectivity index (χ4v) is 6.33. The lowest BCUT2D eigenvalue weighted by Crippen LogP contribution is -2.55. The molecule has 228 valence electrons. The van der Waals surface area contributed by atoms with Crippen LogP contribution in [0.3, 0.4) is 0 Å². The molecule has 3 atom stereocenters. The smallest absolute Gasteiger partial charge is 0.319 e. The number of benzene rings is 1. The molecule has 0 bridgehead atoms. The number of aromatic nitrogens is 2. The minimum atomic E-state index is -0.339. The van der Waals surface area contributed by atoms with E-state index in [-0.39, 0.29) is 42.2 Å². The zero-order valence-corrected chi connectivity index (χ0v) is 25.0. The summed E-state index contributed by atoms with van der Waals surface area (Å²) in [5.41, 5.74) is 2.13. The maximum atomic E-state index is 12.5. The molecule has 3 aliphatic rings. The lowest BCUT2D eigenvalue weighted by Gasteiger charge is -2.41. The molecule has 1 amide bonds. The average Bonchev–Trinajstić information content (AvgIpc) is 3.46. The maximum Gasteiger partial charge on any atom is 0.319 e. The van der Waals surface area contributed by atoms with E-state index in [1.165, 1.54) is 6.08 Å². The van der Waals surface area contributed by atoms with Gasteiger partial charge in [-0.25, -0.2) is 0 Å². The number of carbonyl (C=O) groups excluding carboxylic acids is 2. The zero-order chi connectivity index (χ0) is 30.3. The first-order chi connectivity index (χ1) is 20.9. The van der Waals surface area contributed by atoms with Crippen molar-refractivity contribution in [1.29, 1.82) is 5.26 Å². The maximum absolute atomic E-state index is 12.5. The van der Waals surface area contributed by atoms with E-state index < -0.39 is 0 Å². The summed E-state index contributed by atoms with van der Waals surface area (Å²) in [4.78, 5) is 40.3. The summed E-state index contributed by atoms with van der Waals surface area (Å²) >= 11 is 0. The third-order valence-corrected chi connectivity index (χ3v) is 8.77. The van der Waals surface area contributed by atoms with Gasteiger partial charge in [-0.15, -0.1) is 0 Å². The molecular formula is C32H40N6O5. The Morgan fingerprint density at radius 1 is 1.23 bits per heavy atom. The van der Waals surface area contributed by atoms with Gasteiger partial charge in [0, 0.05) is 31.2 Å². The number of likely N-dealkylation sites (tertiary alicyclic amines) is 1. The van der Waals surface area contributed by atoms with Crippen molar-refractivity contribution in [3.05, 3.63) is 47.7 Å². The molecule has 0 radical (unpaired) electrons. The van der Waals surface area contributed by atoms with Crippen LogP contribution < -0.4 is 19.1 Å². The molecule has 1 aromatic carbocycles. The summed E-state index contributed by atoms with van der Waals surface area (Å²) in [7, 11) is 3.72. The van der Waals surface area contributed by atoms with Crippen LogP contribution in [0, 0.1) is 11.3 Å². The van der Waals surface area contributed by atoms with Gasteiger partial charge in [0.25, 0.3) is 0 Å². The summed E-state index contributed by atoms with van der Waals surface area (Å²) in [6.07, 6.45) is 7.17. The highest BCUT2D eigenvalue weighted by atomic mass is 16.5. The highest BCUT2D eigenvalue weighted by molar-refractivity contribution is 5.87. The number of hydrogen-bond donors (Lipinski definition) is 0. The lowest BCUT2D eigenvalue weighted by atomic mass is 9.96. The average molecular weight is 589 g/mol. The van der Waals surface area contributed by atoms with E-state index in [9.17, 15) is 14.9 Å².